The van der Waals surface area contributed by atoms with Crippen LogP contribution in [0, 0.1) is 6.92 Å². The van der Waals surface area contributed by atoms with Gasteiger partial charge in [0.1, 0.15) is 0 Å². The zero-order valence-electron chi connectivity index (χ0n) is 7.13. The van der Waals surface area contributed by atoms with E-state index in [0.29, 0.717) is 0 Å². The first-order valence-corrected chi connectivity index (χ1v) is 3.51. The first-order chi connectivity index (χ1) is 4.79. The standard InChI is InChI=1S/C7H11N3.2ClH/c1-5-6-3-8-4-7(6)10(2)9-5;;/h8H,3-4H2,1-2H3;2*1H. The molecule has 0 saturated carbocycles. The van der Waals surface area contributed by atoms with Crippen molar-refractivity contribution < 1.29 is 0 Å². The van der Waals surface area contributed by atoms with Gasteiger partial charge in [0.15, 0.2) is 0 Å². The van der Waals surface area contributed by atoms with E-state index in [1.165, 1.54) is 17.0 Å². The van der Waals surface area contributed by atoms with Crippen molar-refractivity contribution in [3.8, 4) is 0 Å². The maximum absolute atomic E-state index is 4.31. The zero-order valence-corrected chi connectivity index (χ0v) is 8.76. The van der Waals surface area contributed by atoms with E-state index in [1.54, 1.807) is 0 Å². The molecule has 0 fully saturated rings. The normalized spacial score (nSPS) is 13.2. The molecule has 0 amide bonds. The number of aryl methyl sites for hydroxylation is 2. The van der Waals surface area contributed by atoms with Gasteiger partial charge < -0.3 is 5.32 Å². The summed E-state index contributed by atoms with van der Waals surface area (Å²) in [7, 11) is 2.00. The second-order valence-corrected chi connectivity index (χ2v) is 2.74. The van der Waals surface area contributed by atoms with Crippen molar-refractivity contribution in [2.24, 2.45) is 7.05 Å². The van der Waals surface area contributed by atoms with Crippen molar-refractivity contribution in [2.45, 2.75) is 20.0 Å². The number of hydrogen-bond donors (Lipinski definition) is 1. The van der Waals surface area contributed by atoms with Crippen LogP contribution in [-0.2, 0) is 20.1 Å². The second-order valence-electron chi connectivity index (χ2n) is 2.74. The van der Waals surface area contributed by atoms with E-state index in [-0.39, 0.29) is 24.8 Å². The summed E-state index contributed by atoms with van der Waals surface area (Å²) in [4.78, 5) is 0. The van der Waals surface area contributed by atoms with Gasteiger partial charge in [-0.25, -0.2) is 0 Å². The smallest absolute Gasteiger partial charge is 0.0641 e. The van der Waals surface area contributed by atoms with Gasteiger partial charge in [-0.2, -0.15) is 5.10 Å². The first kappa shape index (κ1) is 11.8. The molecule has 1 N–H and O–H groups in total. The van der Waals surface area contributed by atoms with Gasteiger partial charge in [-0.15, -0.1) is 24.8 Å². The quantitative estimate of drug-likeness (QED) is 0.696. The average Bonchev–Trinajstić information content (AvgIpc) is 2.39. The van der Waals surface area contributed by atoms with E-state index in [9.17, 15) is 0 Å². The molecule has 0 unspecified atom stereocenters. The number of hydrogen-bond acceptors (Lipinski definition) is 2. The molecule has 1 aliphatic rings. The molecule has 2 rings (SSSR count). The molecule has 0 radical (unpaired) electrons. The minimum atomic E-state index is 0. The van der Waals surface area contributed by atoms with Gasteiger partial charge in [0.25, 0.3) is 0 Å². The number of nitrogens with zero attached hydrogens (tertiary/aromatic N) is 2. The third-order valence-electron chi connectivity index (χ3n) is 2.07. The maximum atomic E-state index is 4.31. The highest BCUT2D eigenvalue weighted by atomic mass is 35.5. The molecule has 1 aromatic heterocycles. The zero-order chi connectivity index (χ0) is 7.14. The number of halogens is 2. The molecule has 0 aromatic carbocycles. The van der Waals surface area contributed by atoms with Crippen molar-refractivity contribution >= 4 is 24.8 Å². The summed E-state index contributed by atoms with van der Waals surface area (Å²) in [5.74, 6) is 0. The van der Waals surface area contributed by atoms with Gasteiger partial charge in [-0.05, 0) is 6.92 Å². The summed E-state index contributed by atoms with van der Waals surface area (Å²) in [5.41, 5.74) is 3.91. The molecule has 0 spiro atoms. The maximum Gasteiger partial charge on any atom is 0.0641 e. The molecule has 1 aliphatic heterocycles. The van der Waals surface area contributed by atoms with Crippen molar-refractivity contribution in [1.29, 1.82) is 0 Å². The van der Waals surface area contributed by atoms with Crippen molar-refractivity contribution in [2.75, 3.05) is 0 Å². The van der Waals surface area contributed by atoms with E-state index in [4.69, 9.17) is 0 Å². The fourth-order valence-corrected chi connectivity index (χ4v) is 1.51. The lowest BCUT2D eigenvalue weighted by molar-refractivity contribution is 0.662. The summed E-state index contributed by atoms with van der Waals surface area (Å²) in [6.07, 6.45) is 0. The molecule has 0 saturated heterocycles. The predicted octanol–water partition coefficient (Wildman–Crippen LogP) is 1.18. The van der Waals surface area contributed by atoms with Crippen LogP contribution in [0.4, 0.5) is 0 Å². The third kappa shape index (κ3) is 1.58. The summed E-state index contributed by atoms with van der Waals surface area (Å²) >= 11 is 0. The molecular weight excluding hydrogens is 197 g/mol. The van der Waals surface area contributed by atoms with Gasteiger partial charge in [-0.3, -0.25) is 4.68 Å². The highest BCUT2D eigenvalue weighted by molar-refractivity contribution is 5.85. The largest absolute Gasteiger partial charge is 0.307 e. The molecule has 5 heteroatoms. The van der Waals surface area contributed by atoms with Crippen LogP contribution in [-0.4, -0.2) is 9.78 Å². The van der Waals surface area contributed by atoms with Crippen LogP contribution >= 0.6 is 24.8 Å². The van der Waals surface area contributed by atoms with Crippen molar-refractivity contribution in [3.05, 3.63) is 17.0 Å². The Bertz CT molecular complexity index is 245. The fraction of sp³-hybridized carbons (Fsp3) is 0.571. The van der Waals surface area contributed by atoms with Crippen molar-refractivity contribution in [1.82, 2.24) is 15.1 Å². The first-order valence-electron chi connectivity index (χ1n) is 3.51. The monoisotopic (exact) mass is 209 g/mol. The van der Waals surface area contributed by atoms with E-state index < -0.39 is 0 Å². The van der Waals surface area contributed by atoms with E-state index >= 15 is 0 Å². The van der Waals surface area contributed by atoms with Gasteiger partial charge in [0.05, 0.1) is 11.4 Å². The Labute approximate surface area is 84.3 Å². The molecule has 2 heterocycles. The summed E-state index contributed by atoms with van der Waals surface area (Å²) in [6.45, 7) is 4.04. The molecule has 0 aliphatic carbocycles. The van der Waals surface area contributed by atoms with E-state index in [1.807, 2.05) is 11.7 Å². The molecule has 70 valence electrons. The Morgan fingerprint density at radius 1 is 1.33 bits per heavy atom. The van der Waals surface area contributed by atoms with Crippen LogP contribution in [0.2, 0.25) is 0 Å². The summed E-state index contributed by atoms with van der Waals surface area (Å²) in [5, 5.41) is 7.60. The molecule has 12 heavy (non-hydrogen) atoms. The minimum absolute atomic E-state index is 0. The SMILES string of the molecule is Cc1nn(C)c2c1CNC2.Cl.Cl. The van der Waals surface area contributed by atoms with E-state index in [0.717, 1.165) is 13.1 Å². The Morgan fingerprint density at radius 2 is 2.00 bits per heavy atom. The fourth-order valence-electron chi connectivity index (χ4n) is 1.51. The molecular formula is C7H13Cl2N3. The number of rotatable bonds is 0. The number of fused-ring (bicyclic) bond motifs is 1. The number of aromatic nitrogens is 2. The average molecular weight is 210 g/mol. The van der Waals surface area contributed by atoms with Gasteiger partial charge >= 0.3 is 0 Å². The Hall–Kier alpha value is -0.250. The van der Waals surface area contributed by atoms with Crippen LogP contribution < -0.4 is 5.32 Å². The molecule has 0 atom stereocenters. The highest BCUT2D eigenvalue weighted by Crippen LogP contribution is 2.17. The Kier molecular flexibility index (Phi) is 4.03. The molecule has 1 aromatic rings. The summed E-state index contributed by atoms with van der Waals surface area (Å²) < 4.78 is 1.96. The Balaban J connectivity index is 0.000000605. The van der Waals surface area contributed by atoms with E-state index in [2.05, 4.69) is 17.3 Å². The predicted molar refractivity (Wildman–Crippen MR) is 53.0 cm³/mol. The van der Waals surface area contributed by atoms with Crippen LogP contribution in [0.5, 0.6) is 0 Å². The van der Waals surface area contributed by atoms with Crippen LogP contribution in [0.3, 0.4) is 0 Å². The lowest BCUT2D eigenvalue weighted by atomic mass is 10.2. The topological polar surface area (TPSA) is 29.9 Å². The Morgan fingerprint density at radius 3 is 2.58 bits per heavy atom. The van der Waals surface area contributed by atoms with Gasteiger partial charge in [0, 0.05) is 25.7 Å². The van der Waals surface area contributed by atoms with Crippen LogP contribution in [0.15, 0.2) is 0 Å². The highest BCUT2D eigenvalue weighted by Gasteiger charge is 2.16. The third-order valence-corrected chi connectivity index (χ3v) is 2.07. The lowest BCUT2D eigenvalue weighted by Crippen LogP contribution is -2.06. The number of nitrogens with one attached hydrogen (secondary N) is 1. The van der Waals surface area contributed by atoms with Crippen molar-refractivity contribution in [3.63, 3.8) is 0 Å². The van der Waals surface area contributed by atoms with Gasteiger partial charge in [-0.1, -0.05) is 0 Å². The molecule has 3 nitrogen and oxygen atoms in total. The van der Waals surface area contributed by atoms with Crippen LogP contribution in [0.1, 0.15) is 17.0 Å². The van der Waals surface area contributed by atoms with Crippen LogP contribution in [0.25, 0.3) is 0 Å². The summed E-state index contributed by atoms with van der Waals surface area (Å²) in [6, 6.07) is 0. The minimum Gasteiger partial charge on any atom is -0.307 e. The van der Waals surface area contributed by atoms with Gasteiger partial charge in [0.2, 0.25) is 0 Å². The lowest BCUT2D eigenvalue weighted by Gasteiger charge is -1.93. The molecule has 0 bridgehead atoms. The second kappa shape index (κ2) is 4.12.